The first-order chi connectivity index (χ1) is 6.68. The Morgan fingerprint density at radius 1 is 1.21 bits per heavy atom. The largest absolute Gasteiger partial charge is 0.411 e. The molecule has 0 unspecified atom stereocenters. The van der Waals surface area contributed by atoms with Crippen LogP contribution in [0.15, 0.2) is 31.9 Å². The van der Waals surface area contributed by atoms with Crippen LogP contribution in [0.1, 0.15) is 0 Å². The lowest BCUT2D eigenvalue weighted by Crippen LogP contribution is -1.80. The molecule has 0 saturated heterocycles. The van der Waals surface area contributed by atoms with E-state index in [1.165, 1.54) is 0 Å². The van der Waals surface area contributed by atoms with Crippen LogP contribution in [-0.4, -0.2) is 10.2 Å². The minimum absolute atomic E-state index is 0.337. The molecule has 2 aromatic rings. The maximum atomic E-state index is 6.05. The molecule has 2 rings (SSSR count). The van der Waals surface area contributed by atoms with E-state index in [0.717, 1.165) is 4.47 Å². The fourth-order valence-corrected chi connectivity index (χ4v) is 1.79. The van der Waals surface area contributed by atoms with Gasteiger partial charge in [0.05, 0.1) is 10.6 Å². The fraction of sp³-hybridized carbons (Fsp3) is 0. The SMILES string of the molecule is Clc1c(Br)cccc1-c1nnc(Br)o1. The van der Waals surface area contributed by atoms with Crippen LogP contribution in [0.4, 0.5) is 0 Å². The van der Waals surface area contributed by atoms with Crippen molar-refractivity contribution < 1.29 is 4.42 Å². The predicted octanol–water partition coefficient (Wildman–Crippen LogP) is 3.92. The molecule has 0 aliphatic heterocycles. The quantitative estimate of drug-likeness (QED) is 0.791. The van der Waals surface area contributed by atoms with Crippen molar-refractivity contribution in [2.24, 2.45) is 0 Å². The molecule has 0 N–H and O–H groups in total. The first-order valence-corrected chi connectivity index (χ1v) is 5.58. The van der Waals surface area contributed by atoms with Crippen LogP contribution in [0.25, 0.3) is 11.5 Å². The third-order valence-corrected chi connectivity index (χ3v) is 3.20. The molecule has 6 heteroatoms. The molecule has 1 heterocycles. The van der Waals surface area contributed by atoms with Gasteiger partial charge in [0.15, 0.2) is 0 Å². The maximum Gasteiger partial charge on any atom is 0.285 e. The smallest absolute Gasteiger partial charge is 0.285 e. The number of benzene rings is 1. The summed E-state index contributed by atoms with van der Waals surface area (Å²) in [6.07, 6.45) is 0. The summed E-state index contributed by atoms with van der Waals surface area (Å²) in [6.45, 7) is 0. The first-order valence-electron chi connectivity index (χ1n) is 3.62. The highest BCUT2D eigenvalue weighted by Crippen LogP contribution is 2.33. The van der Waals surface area contributed by atoms with Gasteiger partial charge in [-0.2, -0.15) is 0 Å². The van der Waals surface area contributed by atoms with Crippen molar-refractivity contribution in [1.29, 1.82) is 0 Å². The summed E-state index contributed by atoms with van der Waals surface area (Å²) in [5, 5.41) is 8.07. The van der Waals surface area contributed by atoms with Crippen molar-refractivity contribution >= 4 is 43.5 Å². The topological polar surface area (TPSA) is 38.9 Å². The van der Waals surface area contributed by atoms with E-state index < -0.39 is 0 Å². The molecule has 0 atom stereocenters. The van der Waals surface area contributed by atoms with E-state index in [0.29, 0.717) is 21.3 Å². The average Bonchev–Trinajstić information content (AvgIpc) is 2.57. The van der Waals surface area contributed by atoms with E-state index in [-0.39, 0.29) is 0 Å². The molecule has 0 radical (unpaired) electrons. The first kappa shape index (κ1) is 10.1. The Hall–Kier alpha value is -0.390. The van der Waals surface area contributed by atoms with Crippen LogP contribution in [0.2, 0.25) is 5.02 Å². The lowest BCUT2D eigenvalue weighted by molar-refractivity contribution is 0.540. The Labute approximate surface area is 102 Å². The highest BCUT2D eigenvalue weighted by molar-refractivity contribution is 9.10. The summed E-state index contributed by atoms with van der Waals surface area (Å²) in [7, 11) is 0. The molecule has 0 aliphatic rings. The van der Waals surface area contributed by atoms with Gasteiger partial charge >= 0.3 is 0 Å². The van der Waals surface area contributed by atoms with Crippen LogP contribution in [-0.2, 0) is 0 Å². The van der Waals surface area contributed by atoms with Crippen LogP contribution >= 0.6 is 43.5 Å². The van der Waals surface area contributed by atoms with Crippen LogP contribution in [0.5, 0.6) is 0 Å². The van der Waals surface area contributed by atoms with Gasteiger partial charge in [-0.3, -0.25) is 0 Å². The summed E-state index contributed by atoms with van der Waals surface area (Å²) in [5.41, 5.74) is 0.708. The Balaban J connectivity index is 2.57. The molecule has 0 fully saturated rings. The zero-order valence-corrected chi connectivity index (χ0v) is 10.6. The van der Waals surface area contributed by atoms with Gasteiger partial charge in [0, 0.05) is 20.4 Å². The second kappa shape index (κ2) is 4.00. The number of hydrogen-bond acceptors (Lipinski definition) is 3. The minimum Gasteiger partial charge on any atom is -0.411 e. The van der Waals surface area contributed by atoms with Crippen LogP contribution in [0, 0.1) is 0 Å². The van der Waals surface area contributed by atoms with Crippen molar-refractivity contribution in [1.82, 2.24) is 10.2 Å². The second-order valence-electron chi connectivity index (χ2n) is 2.46. The Morgan fingerprint density at radius 3 is 2.64 bits per heavy atom. The van der Waals surface area contributed by atoms with Crippen LogP contribution in [0.3, 0.4) is 0 Å². The van der Waals surface area contributed by atoms with E-state index in [9.17, 15) is 0 Å². The molecule has 0 saturated carbocycles. The van der Waals surface area contributed by atoms with E-state index in [4.69, 9.17) is 16.0 Å². The molecule has 0 bridgehead atoms. The van der Waals surface area contributed by atoms with Crippen molar-refractivity contribution in [3.63, 3.8) is 0 Å². The third-order valence-electron chi connectivity index (χ3n) is 1.58. The van der Waals surface area contributed by atoms with E-state index in [1.54, 1.807) is 0 Å². The lowest BCUT2D eigenvalue weighted by atomic mass is 10.2. The van der Waals surface area contributed by atoms with Crippen LogP contribution < -0.4 is 0 Å². The van der Waals surface area contributed by atoms with Gasteiger partial charge < -0.3 is 4.42 Å². The van der Waals surface area contributed by atoms with Crippen molar-refractivity contribution in [3.05, 3.63) is 32.5 Å². The van der Waals surface area contributed by atoms with Gasteiger partial charge in [0.25, 0.3) is 4.80 Å². The number of aromatic nitrogens is 2. The molecule has 0 spiro atoms. The standard InChI is InChI=1S/C8H3Br2ClN2O/c9-5-3-1-2-4(6(5)11)7-12-13-8(10)14-7/h1-3H. The Bertz CT molecular complexity index is 472. The molecule has 1 aromatic carbocycles. The van der Waals surface area contributed by atoms with E-state index in [2.05, 4.69) is 42.1 Å². The summed E-state index contributed by atoms with van der Waals surface area (Å²) in [6, 6.07) is 5.51. The molecular formula is C8H3Br2ClN2O. The van der Waals surface area contributed by atoms with E-state index >= 15 is 0 Å². The molecule has 3 nitrogen and oxygen atoms in total. The monoisotopic (exact) mass is 336 g/mol. The Morgan fingerprint density at radius 2 is 2.00 bits per heavy atom. The second-order valence-corrected chi connectivity index (χ2v) is 4.37. The van der Waals surface area contributed by atoms with Crippen molar-refractivity contribution in [3.8, 4) is 11.5 Å². The number of hydrogen-bond donors (Lipinski definition) is 0. The average molecular weight is 338 g/mol. The van der Waals surface area contributed by atoms with Gasteiger partial charge in [-0.1, -0.05) is 17.7 Å². The van der Waals surface area contributed by atoms with Crippen molar-refractivity contribution in [2.75, 3.05) is 0 Å². The maximum absolute atomic E-state index is 6.05. The lowest BCUT2D eigenvalue weighted by Gasteiger charge is -1.99. The molecular weight excluding hydrogens is 335 g/mol. The third kappa shape index (κ3) is 1.85. The molecule has 1 aromatic heterocycles. The predicted molar refractivity (Wildman–Crippen MR) is 60.1 cm³/mol. The van der Waals surface area contributed by atoms with Gasteiger partial charge in [0.2, 0.25) is 5.89 Å². The molecule has 0 amide bonds. The molecule has 0 aliphatic carbocycles. The number of rotatable bonds is 1. The fourth-order valence-electron chi connectivity index (χ4n) is 0.983. The van der Waals surface area contributed by atoms with Gasteiger partial charge in [-0.25, -0.2) is 0 Å². The Kier molecular flexibility index (Phi) is 2.90. The minimum atomic E-state index is 0.337. The molecule has 14 heavy (non-hydrogen) atoms. The van der Waals surface area contributed by atoms with Gasteiger partial charge in [0.1, 0.15) is 0 Å². The van der Waals surface area contributed by atoms with Crippen molar-refractivity contribution in [2.45, 2.75) is 0 Å². The number of halogens is 3. The van der Waals surface area contributed by atoms with E-state index in [1.807, 2.05) is 18.2 Å². The normalized spacial score (nSPS) is 10.5. The zero-order chi connectivity index (χ0) is 10.1. The summed E-state index contributed by atoms with van der Waals surface area (Å²) < 4.78 is 5.99. The van der Waals surface area contributed by atoms with Gasteiger partial charge in [-0.05, 0) is 28.1 Å². The highest BCUT2D eigenvalue weighted by Gasteiger charge is 2.12. The summed E-state index contributed by atoms with van der Waals surface area (Å²) in [5.74, 6) is 0.392. The summed E-state index contributed by atoms with van der Waals surface area (Å²) >= 11 is 12.4. The summed E-state index contributed by atoms with van der Waals surface area (Å²) in [4.78, 5) is 0.337. The highest BCUT2D eigenvalue weighted by atomic mass is 79.9. The van der Waals surface area contributed by atoms with Gasteiger partial charge in [-0.15, -0.1) is 10.2 Å². The zero-order valence-electron chi connectivity index (χ0n) is 6.67. The number of nitrogens with zero attached hydrogens (tertiary/aromatic N) is 2. The molecule has 72 valence electrons.